The highest BCUT2D eigenvalue weighted by molar-refractivity contribution is 5.88. The van der Waals surface area contributed by atoms with Crippen LogP contribution in [0.3, 0.4) is 0 Å². The van der Waals surface area contributed by atoms with E-state index in [9.17, 15) is 22.8 Å². The number of hydrogen-bond donors (Lipinski definition) is 1. The molecule has 0 aliphatic rings. The van der Waals surface area contributed by atoms with E-state index >= 15 is 0 Å². The van der Waals surface area contributed by atoms with Crippen molar-refractivity contribution in [3.8, 4) is 5.75 Å². The van der Waals surface area contributed by atoms with Gasteiger partial charge < -0.3 is 14.8 Å². The van der Waals surface area contributed by atoms with Gasteiger partial charge in [-0.3, -0.25) is 4.79 Å². The number of alkyl halides is 3. The molecule has 2 aromatic carbocycles. The molecule has 0 aromatic heterocycles. The molecule has 0 saturated carbocycles. The van der Waals surface area contributed by atoms with Crippen LogP contribution in [0.15, 0.2) is 54.6 Å². The van der Waals surface area contributed by atoms with Crippen molar-refractivity contribution in [2.75, 3.05) is 6.54 Å². The van der Waals surface area contributed by atoms with E-state index in [4.69, 9.17) is 4.74 Å². The molecule has 0 radical (unpaired) electrons. The third-order valence-corrected chi connectivity index (χ3v) is 3.44. The number of esters is 2. The van der Waals surface area contributed by atoms with Crippen LogP contribution >= 0.6 is 0 Å². The molecule has 0 heterocycles. The van der Waals surface area contributed by atoms with Crippen LogP contribution in [0.4, 0.5) is 13.2 Å². The molecule has 144 valence electrons. The first-order valence-corrected chi connectivity index (χ1v) is 8.13. The summed E-state index contributed by atoms with van der Waals surface area (Å²) in [5, 5.41) is 2.89. The number of nitrogens with one attached hydrogen (secondary N) is 1. The molecular formula is C19H18F3NO4. The minimum Gasteiger partial charge on any atom is -0.489 e. The zero-order chi connectivity index (χ0) is 19.7. The Labute approximate surface area is 154 Å². The van der Waals surface area contributed by atoms with Crippen molar-refractivity contribution in [1.29, 1.82) is 0 Å². The largest absolute Gasteiger partial charge is 0.491 e. The van der Waals surface area contributed by atoms with Crippen LogP contribution in [0.5, 0.6) is 5.75 Å². The quantitative estimate of drug-likeness (QED) is 0.432. The lowest BCUT2D eigenvalue weighted by atomic mass is 10.2. The first kappa shape index (κ1) is 20.4. The van der Waals surface area contributed by atoms with Crippen molar-refractivity contribution in [2.45, 2.75) is 25.7 Å². The van der Waals surface area contributed by atoms with Crippen molar-refractivity contribution in [3.63, 3.8) is 0 Å². The molecule has 0 saturated heterocycles. The molecule has 0 unspecified atom stereocenters. The van der Waals surface area contributed by atoms with Gasteiger partial charge in [-0.25, -0.2) is 4.79 Å². The second-order valence-electron chi connectivity index (χ2n) is 5.60. The lowest BCUT2D eigenvalue weighted by Crippen LogP contribution is -2.29. The number of halogens is 3. The van der Waals surface area contributed by atoms with Gasteiger partial charge in [-0.05, 0) is 23.3 Å². The van der Waals surface area contributed by atoms with Gasteiger partial charge in [-0.15, -0.1) is 0 Å². The SMILES string of the molecule is O=C(CCNCc1ccc(OCc2ccccc2)cc1)OC(=O)C(F)(F)F. The van der Waals surface area contributed by atoms with Crippen LogP contribution in [0.25, 0.3) is 0 Å². The van der Waals surface area contributed by atoms with Crippen molar-refractivity contribution in [3.05, 3.63) is 65.7 Å². The van der Waals surface area contributed by atoms with E-state index < -0.39 is 18.1 Å². The van der Waals surface area contributed by atoms with Crippen LogP contribution in [-0.2, 0) is 27.5 Å². The predicted octanol–water partition coefficient (Wildman–Crippen LogP) is 3.38. The van der Waals surface area contributed by atoms with Crippen LogP contribution in [-0.4, -0.2) is 24.7 Å². The van der Waals surface area contributed by atoms with Gasteiger partial charge in [0.15, 0.2) is 0 Å². The maximum Gasteiger partial charge on any atom is 0.491 e. The van der Waals surface area contributed by atoms with Crippen molar-refractivity contribution >= 4 is 11.9 Å². The van der Waals surface area contributed by atoms with Crippen LogP contribution in [0, 0.1) is 0 Å². The third kappa shape index (κ3) is 7.49. The van der Waals surface area contributed by atoms with Crippen LogP contribution in [0.2, 0.25) is 0 Å². The summed E-state index contributed by atoms with van der Waals surface area (Å²) in [5.41, 5.74) is 1.96. The Morgan fingerprint density at radius 1 is 0.926 bits per heavy atom. The minimum absolute atomic E-state index is 0.0796. The van der Waals surface area contributed by atoms with E-state index in [1.165, 1.54) is 0 Å². The van der Waals surface area contributed by atoms with Crippen LogP contribution in [0.1, 0.15) is 17.5 Å². The maximum absolute atomic E-state index is 12.0. The van der Waals surface area contributed by atoms with Gasteiger partial charge in [0.1, 0.15) is 12.4 Å². The predicted molar refractivity (Wildman–Crippen MR) is 90.7 cm³/mol. The Morgan fingerprint density at radius 3 is 2.22 bits per heavy atom. The Balaban J connectivity index is 1.66. The fourth-order valence-corrected chi connectivity index (χ4v) is 2.08. The van der Waals surface area contributed by atoms with E-state index in [0.29, 0.717) is 18.9 Å². The second kappa shape index (κ2) is 9.72. The summed E-state index contributed by atoms with van der Waals surface area (Å²) in [6.45, 7) is 0.937. The van der Waals surface area contributed by atoms with Gasteiger partial charge in [0.2, 0.25) is 0 Å². The summed E-state index contributed by atoms with van der Waals surface area (Å²) < 4.78 is 45.2. The van der Waals surface area contributed by atoms with Crippen LogP contribution < -0.4 is 10.1 Å². The fraction of sp³-hybridized carbons (Fsp3) is 0.263. The molecule has 8 heteroatoms. The lowest BCUT2D eigenvalue weighted by molar-refractivity contribution is -0.201. The average molecular weight is 381 g/mol. The number of benzene rings is 2. The molecule has 27 heavy (non-hydrogen) atoms. The molecule has 0 amide bonds. The number of ether oxygens (including phenoxy) is 2. The first-order chi connectivity index (χ1) is 12.8. The number of carbonyl (C=O) groups is 2. The minimum atomic E-state index is -5.17. The van der Waals surface area contributed by atoms with Gasteiger partial charge in [0, 0.05) is 13.1 Å². The highest BCUT2D eigenvalue weighted by Gasteiger charge is 2.42. The normalized spacial score (nSPS) is 11.1. The molecule has 0 spiro atoms. The summed E-state index contributed by atoms with van der Waals surface area (Å²) >= 11 is 0. The van der Waals surface area contributed by atoms with E-state index in [1.54, 1.807) is 12.1 Å². The van der Waals surface area contributed by atoms with E-state index in [-0.39, 0.29) is 13.0 Å². The standard InChI is InChI=1S/C19H18F3NO4/c20-19(21,22)18(25)27-17(24)10-11-23-12-14-6-8-16(9-7-14)26-13-15-4-2-1-3-5-15/h1-9,23H,10-13H2. The Morgan fingerprint density at radius 2 is 1.59 bits per heavy atom. The highest BCUT2D eigenvalue weighted by atomic mass is 19.4. The Kier molecular flexibility index (Phi) is 7.36. The second-order valence-corrected chi connectivity index (χ2v) is 5.60. The van der Waals surface area contributed by atoms with Crippen molar-refractivity contribution < 1.29 is 32.2 Å². The molecule has 0 bridgehead atoms. The number of carbonyl (C=O) groups excluding carboxylic acids is 2. The molecule has 0 aliphatic carbocycles. The van der Waals surface area contributed by atoms with Gasteiger partial charge in [-0.1, -0.05) is 42.5 Å². The highest BCUT2D eigenvalue weighted by Crippen LogP contribution is 2.17. The van der Waals surface area contributed by atoms with Crippen molar-refractivity contribution in [2.24, 2.45) is 0 Å². The molecule has 0 aliphatic heterocycles. The summed E-state index contributed by atoms with van der Waals surface area (Å²) in [6, 6.07) is 17.0. The third-order valence-electron chi connectivity index (χ3n) is 3.44. The molecule has 0 fully saturated rings. The van der Waals surface area contributed by atoms with Gasteiger partial charge in [0.25, 0.3) is 0 Å². The first-order valence-electron chi connectivity index (χ1n) is 8.13. The zero-order valence-corrected chi connectivity index (χ0v) is 14.3. The fourth-order valence-electron chi connectivity index (χ4n) is 2.08. The molecule has 1 N–H and O–H groups in total. The van der Waals surface area contributed by atoms with E-state index in [2.05, 4.69) is 10.1 Å². The topological polar surface area (TPSA) is 64.6 Å². The smallest absolute Gasteiger partial charge is 0.489 e. The van der Waals surface area contributed by atoms with Gasteiger partial charge in [0.05, 0.1) is 6.42 Å². The summed E-state index contributed by atoms with van der Waals surface area (Å²) in [5.74, 6) is -3.02. The average Bonchev–Trinajstić information content (AvgIpc) is 2.64. The maximum atomic E-state index is 12.0. The molecule has 2 rings (SSSR count). The number of hydrogen-bond acceptors (Lipinski definition) is 5. The monoisotopic (exact) mass is 381 g/mol. The number of rotatable bonds is 8. The van der Waals surface area contributed by atoms with E-state index in [0.717, 1.165) is 11.1 Å². The van der Waals surface area contributed by atoms with Gasteiger partial charge >= 0.3 is 18.1 Å². The lowest BCUT2D eigenvalue weighted by Gasteiger charge is -2.08. The summed E-state index contributed by atoms with van der Waals surface area (Å²) in [7, 11) is 0. The molecule has 5 nitrogen and oxygen atoms in total. The summed E-state index contributed by atoms with van der Waals surface area (Å²) in [4.78, 5) is 21.7. The Bertz CT molecular complexity index is 746. The zero-order valence-electron chi connectivity index (χ0n) is 14.3. The van der Waals surface area contributed by atoms with Crippen molar-refractivity contribution in [1.82, 2.24) is 5.32 Å². The Hall–Kier alpha value is -2.87. The molecule has 0 atom stereocenters. The summed E-state index contributed by atoms with van der Waals surface area (Å²) in [6.07, 6.45) is -5.52. The molecular weight excluding hydrogens is 363 g/mol. The molecule has 2 aromatic rings. The van der Waals surface area contributed by atoms with Gasteiger partial charge in [-0.2, -0.15) is 13.2 Å². The van der Waals surface area contributed by atoms with E-state index in [1.807, 2.05) is 42.5 Å².